The Bertz CT molecular complexity index is 526. The van der Waals surface area contributed by atoms with Gasteiger partial charge in [-0.05, 0) is 17.7 Å². The lowest BCUT2D eigenvalue weighted by Gasteiger charge is -2.13. The van der Waals surface area contributed by atoms with Crippen LogP contribution in [0.3, 0.4) is 0 Å². The van der Waals surface area contributed by atoms with Crippen LogP contribution in [0.5, 0.6) is 0 Å². The van der Waals surface area contributed by atoms with Gasteiger partial charge in [0.2, 0.25) is 0 Å². The van der Waals surface area contributed by atoms with Crippen molar-refractivity contribution in [1.82, 2.24) is 5.32 Å². The van der Waals surface area contributed by atoms with Crippen LogP contribution in [0.2, 0.25) is 0 Å². The molecule has 0 saturated carbocycles. The summed E-state index contributed by atoms with van der Waals surface area (Å²) < 4.78 is 38.6. The van der Waals surface area contributed by atoms with Crippen molar-refractivity contribution < 1.29 is 13.2 Å². The van der Waals surface area contributed by atoms with E-state index < -0.39 is 11.7 Å². The molecular formula is C12H10F3N3. The molecule has 0 fully saturated rings. The van der Waals surface area contributed by atoms with Crippen molar-refractivity contribution in [2.45, 2.75) is 12.6 Å². The number of nitrogens with zero attached hydrogens (tertiary/aromatic N) is 2. The first kappa shape index (κ1) is 12.4. The summed E-state index contributed by atoms with van der Waals surface area (Å²) in [6.45, 7) is 1.25. The molecule has 2 rings (SSSR count). The second kappa shape index (κ2) is 4.69. The summed E-state index contributed by atoms with van der Waals surface area (Å²) in [5.41, 5.74) is -0.625. The standard InChI is InChI=1S/C12H10F3N3/c13-12(14,15)10-5-8(7-16)1-2-9(10)6-11-17-3-4-18-11/h1-2,5H,3-4,6H2,(H,17,18). The third-order valence-electron chi connectivity index (χ3n) is 2.65. The van der Waals surface area contributed by atoms with E-state index in [2.05, 4.69) is 10.3 Å². The van der Waals surface area contributed by atoms with Gasteiger partial charge in [-0.15, -0.1) is 0 Å². The fraction of sp³-hybridized carbons (Fsp3) is 0.333. The molecule has 0 saturated heterocycles. The summed E-state index contributed by atoms with van der Waals surface area (Å²) in [6.07, 6.45) is -4.35. The average molecular weight is 253 g/mol. The number of hydrogen-bond donors (Lipinski definition) is 1. The van der Waals surface area contributed by atoms with Gasteiger partial charge < -0.3 is 5.32 Å². The Morgan fingerprint density at radius 3 is 2.72 bits per heavy atom. The maximum absolute atomic E-state index is 12.9. The van der Waals surface area contributed by atoms with Crippen LogP contribution < -0.4 is 5.32 Å². The summed E-state index contributed by atoms with van der Waals surface area (Å²) in [7, 11) is 0. The fourth-order valence-electron chi connectivity index (χ4n) is 1.81. The molecule has 1 aliphatic rings. The Morgan fingerprint density at radius 1 is 1.39 bits per heavy atom. The highest BCUT2D eigenvalue weighted by Gasteiger charge is 2.33. The summed E-state index contributed by atoms with van der Waals surface area (Å²) >= 11 is 0. The molecule has 1 aromatic rings. The van der Waals surface area contributed by atoms with Gasteiger partial charge in [-0.2, -0.15) is 18.4 Å². The third kappa shape index (κ3) is 2.62. The van der Waals surface area contributed by atoms with E-state index in [9.17, 15) is 13.2 Å². The number of halogens is 3. The van der Waals surface area contributed by atoms with Crippen molar-refractivity contribution in [3.63, 3.8) is 0 Å². The van der Waals surface area contributed by atoms with Crippen LogP contribution in [0.4, 0.5) is 13.2 Å². The van der Waals surface area contributed by atoms with E-state index >= 15 is 0 Å². The number of benzene rings is 1. The van der Waals surface area contributed by atoms with Gasteiger partial charge in [0.05, 0.1) is 23.7 Å². The SMILES string of the molecule is N#Cc1ccc(CC2=NCCN2)c(C(F)(F)F)c1. The lowest BCUT2D eigenvalue weighted by molar-refractivity contribution is -0.138. The highest BCUT2D eigenvalue weighted by atomic mass is 19.4. The van der Waals surface area contributed by atoms with Crippen molar-refractivity contribution in [3.8, 4) is 6.07 Å². The molecule has 1 aliphatic heterocycles. The third-order valence-corrected chi connectivity index (χ3v) is 2.65. The van der Waals surface area contributed by atoms with Gasteiger partial charge >= 0.3 is 6.18 Å². The van der Waals surface area contributed by atoms with Gasteiger partial charge in [-0.1, -0.05) is 6.07 Å². The number of nitriles is 1. The first-order valence-corrected chi connectivity index (χ1v) is 5.38. The topological polar surface area (TPSA) is 48.2 Å². The van der Waals surface area contributed by atoms with Crippen LogP contribution in [-0.2, 0) is 12.6 Å². The Labute approximate surface area is 102 Å². The number of alkyl halides is 3. The predicted octanol–water partition coefficient (Wildman–Crippen LogP) is 2.12. The molecule has 18 heavy (non-hydrogen) atoms. The van der Waals surface area contributed by atoms with Crippen molar-refractivity contribution in [2.24, 2.45) is 4.99 Å². The van der Waals surface area contributed by atoms with Gasteiger partial charge in [0, 0.05) is 13.0 Å². The molecule has 1 aromatic carbocycles. The van der Waals surface area contributed by atoms with Crippen LogP contribution >= 0.6 is 0 Å². The van der Waals surface area contributed by atoms with E-state index in [1.807, 2.05) is 0 Å². The molecule has 0 aromatic heterocycles. The molecule has 0 bridgehead atoms. The zero-order chi connectivity index (χ0) is 13.2. The monoisotopic (exact) mass is 253 g/mol. The van der Waals surface area contributed by atoms with E-state index in [1.165, 1.54) is 12.1 Å². The van der Waals surface area contributed by atoms with Gasteiger partial charge in [0.1, 0.15) is 5.84 Å². The molecule has 0 spiro atoms. The lowest BCUT2D eigenvalue weighted by atomic mass is 10.0. The molecule has 0 aliphatic carbocycles. The largest absolute Gasteiger partial charge is 0.416 e. The molecule has 94 valence electrons. The van der Waals surface area contributed by atoms with Crippen LogP contribution in [0.25, 0.3) is 0 Å². The first-order valence-electron chi connectivity index (χ1n) is 5.38. The van der Waals surface area contributed by atoms with Crippen molar-refractivity contribution in [1.29, 1.82) is 5.26 Å². The number of aliphatic imine (C=N–C) groups is 1. The fourth-order valence-corrected chi connectivity index (χ4v) is 1.81. The van der Waals surface area contributed by atoms with Gasteiger partial charge in [0.15, 0.2) is 0 Å². The van der Waals surface area contributed by atoms with Crippen LogP contribution in [-0.4, -0.2) is 18.9 Å². The Kier molecular flexibility index (Phi) is 3.24. The minimum atomic E-state index is -4.46. The number of hydrogen-bond acceptors (Lipinski definition) is 3. The predicted molar refractivity (Wildman–Crippen MR) is 60.2 cm³/mol. The molecule has 0 atom stereocenters. The van der Waals surface area contributed by atoms with Crippen molar-refractivity contribution in [2.75, 3.05) is 13.1 Å². The number of rotatable bonds is 2. The first-order chi connectivity index (χ1) is 8.50. The van der Waals surface area contributed by atoms with Gasteiger partial charge in [0.25, 0.3) is 0 Å². The van der Waals surface area contributed by atoms with Crippen LogP contribution in [0.15, 0.2) is 23.2 Å². The molecule has 3 nitrogen and oxygen atoms in total. The quantitative estimate of drug-likeness (QED) is 0.877. The van der Waals surface area contributed by atoms with Gasteiger partial charge in [-0.25, -0.2) is 0 Å². The summed E-state index contributed by atoms with van der Waals surface area (Å²) in [6, 6.07) is 5.32. The van der Waals surface area contributed by atoms with Crippen molar-refractivity contribution >= 4 is 5.84 Å². The number of nitrogens with one attached hydrogen (secondary N) is 1. The molecule has 0 amide bonds. The number of amidine groups is 1. The lowest BCUT2D eigenvalue weighted by Crippen LogP contribution is -2.22. The zero-order valence-electron chi connectivity index (χ0n) is 9.38. The van der Waals surface area contributed by atoms with E-state index in [0.717, 1.165) is 6.07 Å². The Hall–Kier alpha value is -2.03. The summed E-state index contributed by atoms with van der Waals surface area (Å²) in [5, 5.41) is 11.6. The Morgan fingerprint density at radius 2 is 2.17 bits per heavy atom. The molecule has 6 heteroatoms. The smallest absolute Gasteiger partial charge is 0.372 e. The molecule has 1 heterocycles. The zero-order valence-corrected chi connectivity index (χ0v) is 9.38. The highest BCUT2D eigenvalue weighted by molar-refractivity contribution is 5.86. The Balaban J connectivity index is 2.37. The van der Waals surface area contributed by atoms with Crippen LogP contribution in [0, 0.1) is 11.3 Å². The normalized spacial score (nSPS) is 14.9. The maximum Gasteiger partial charge on any atom is 0.416 e. The second-order valence-electron chi connectivity index (χ2n) is 3.91. The molecule has 0 unspecified atom stereocenters. The maximum atomic E-state index is 12.9. The second-order valence-corrected chi connectivity index (χ2v) is 3.91. The van der Waals surface area contributed by atoms with E-state index in [0.29, 0.717) is 18.9 Å². The molecule has 0 radical (unpaired) electrons. The van der Waals surface area contributed by atoms with E-state index in [-0.39, 0.29) is 17.5 Å². The highest BCUT2D eigenvalue weighted by Crippen LogP contribution is 2.33. The van der Waals surface area contributed by atoms with Crippen molar-refractivity contribution in [3.05, 3.63) is 34.9 Å². The minimum Gasteiger partial charge on any atom is -0.372 e. The average Bonchev–Trinajstić information content (AvgIpc) is 2.81. The molecular weight excluding hydrogens is 243 g/mol. The van der Waals surface area contributed by atoms with E-state index in [4.69, 9.17) is 5.26 Å². The van der Waals surface area contributed by atoms with E-state index in [1.54, 1.807) is 6.07 Å². The summed E-state index contributed by atoms with van der Waals surface area (Å²) in [5.74, 6) is 0.560. The molecule has 1 N–H and O–H groups in total. The minimum absolute atomic E-state index is 0.00685. The van der Waals surface area contributed by atoms with Gasteiger partial charge in [-0.3, -0.25) is 4.99 Å². The van der Waals surface area contributed by atoms with Crippen LogP contribution in [0.1, 0.15) is 16.7 Å². The summed E-state index contributed by atoms with van der Waals surface area (Å²) in [4.78, 5) is 4.07.